The van der Waals surface area contributed by atoms with Crippen molar-refractivity contribution in [3.05, 3.63) is 121 Å². The summed E-state index contributed by atoms with van der Waals surface area (Å²) < 4.78 is 14.3. The maximum absolute atomic E-state index is 13.5. The van der Waals surface area contributed by atoms with Gasteiger partial charge in [-0.15, -0.1) is 0 Å². The van der Waals surface area contributed by atoms with Gasteiger partial charge in [-0.2, -0.15) is 9.78 Å². The number of anilines is 1. The van der Waals surface area contributed by atoms with Crippen LogP contribution in [-0.4, -0.2) is 28.4 Å². The average Bonchev–Trinajstić information content (AvgIpc) is 3.40. The standard InChI is InChI=1S/C31H19Br2ClN4O4/c32-20-10-11-26-19(14-20)15-27(42-26)30-37-25-9-5-4-8-22(25)31(40)38(30)35-16-18-12-23(33)29(24(34)13-18)41-17-28(39)36-21-6-2-1-3-7-21/h1-16H,17H2,(H,36,39). The number of hydrogen-bond donors (Lipinski definition) is 1. The first-order valence-electron chi connectivity index (χ1n) is 12.6. The number of nitrogens with one attached hydrogen (secondary N) is 1. The van der Waals surface area contributed by atoms with E-state index in [-0.39, 0.29) is 28.9 Å². The first-order chi connectivity index (χ1) is 20.4. The molecule has 8 nitrogen and oxygen atoms in total. The molecule has 0 atom stereocenters. The smallest absolute Gasteiger partial charge is 0.282 e. The Bertz CT molecular complexity index is 2040. The number of fused-ring (bicyclic) bond motifs is 2. The molecule has 0 aliphatic carbocycles. The van der Waals surface area contributed by atoms with Gasteiger partial charge < -0.3 is 14.5 Å². The molecule has 1 N–H and O–H groups in total. The van der Waals surface area contributed by atoms with Gasteiger partial charge in [-0.05, 0) is 82.2 Å². The number of aromatic nitrogens is 2. The molecule has 2 heterocycles. The Morgan fingerprint density at radius 2 is 1.81 bits per heavy atom. The summed E-state index contributed by atoms with van der Waals surface area (Å²) in [7, 11) is 0. The summed E-state index contributed by atoms with van der Waals surface area (Å²) in [5.74, 6) is 0.607. The van der Waals surface area contributed by atoms with E-state index in [4.69, 9.17) is 25.7 Å². The van der Waals surface area contributed by atoms with Crippen molar-refractivity contribution >= 4 is 83.1 Å². The quantitative estimate of drug-likeness (QED) is 0.170. The number of carbonyl (C=O) groups is 1. The third kappa shape index (κ3) is 5.87. The normalized spacial score (nSPS) is 11.4. The second-order valence-corrected chi connectivity index (χ2v) is 11.3. The Labute approximate surface area is 260 Å². The third-order valence-electron chi connectivity index (χ3n) is 6.20. The summed E-state index contributed by atoms with van der Waals surface area (Å²) in [6.45, 7) is -0.240. The Kier molecular flexibility index (Phi) is 7.92. The fourth-order valence-electron chi connectivity index (χ4n) is 4.29. The summed E-state index contributed by atoms with van der Waals surface area (Å²) in [5.41, 5.74) is 2.05. The van der Waals surface area contributed by atoms with Gasteiger partial charge in [0.15, 0.2) is 18.1 Å². The molecule has 4 aromatic carbocycles. The van der Waals surface area contributed by atoms with Crippen LogP contribution in [-0.2, 0) is 4.79 Å². The molecule has 6 aromatic rings. The largest absolute Gasteiger partial charge is 0.481 e. The van der Waals surface area contributed by atoms with Crippen molar-refractivity contribution in [2.75, 3.05) is 11.9 Å². The zero-order valence-corrected chi connectivity index (χ0v) is 25.5. The number of hydrogen-bond acceptors (Lipinski definition) is 6. The van der Waals surface area contributed by atoms with Crippen LogP contribution < -0.4 is 15.6 Å². The molecule has 0 radical (unpaired) electrons. The van der Waals surface area contributed by atoms with Crippen molar-refractivity contribution in [3.8, 4) is 17.3 Å². The van der Waals surface area contributed by atoms with Crippen molar-refractivity contribution in [3.63, 3.8) is 0 Å². The topological polar surface area (TPSA) is 98.7 Å². The number of ether oxygens (including phenoxy) is 1. The number of para-hydroxylation sites is 2. The van der Waals surface area contributed by atoms with Crippen LogP contribution in [0, 0.1) is 0 Å². The summed E-state index contributed by atoms with van der Waals surface area (Å²) in [4.78, 5) is 30.6. The van der Waals surface area contributed by atoms with Crippen molar-refractivity contribution in [1.82, 2.24) is 9.66 Å². The van der Waals surface area contributed by atoms with Crippen LogP contribution in [0.1, 0.15) is 5.56 Å². The molecule has 0 spiro atoms. The molecule has 208 valence electrons. The summed E-state index contributed by atoms with van der Waals surface area (Å²) in [6.07, 6.45) is 1.49. The van der Waals surface area contributed by atoms with E-state index in [0.29, 0.717) is 43.7 Å². The lowest BCUT2D eigenvalue weighted by Crippen LogP contribution is -2.20. The molecule has 42 heavy (non-hydrogen) atoms. The van der Waals surface area contributed by atoms with Crippen LogP contribution >= 0.6 is 43.5 Å². The van der Waals surface area contributed by atoms with Gasteiger partial charge in [-0.1, -0.05) is 57.9 Å². The monoisotopic (exact) mass is 704 g/mol. The van der Waals surface area contributed by atoms with Crippen LogP contribution in [0.5, 0.6) is 5.75 Å². The van der Waals surface area contributed by atoms with Gasteiger partial charge in [0.05, 0.1) is 26.6 Å². The number of benzene rings is 4. The van der Waals surface area contributed by atoms with Gasteiger partial charge >= 0.3 is 0 Å². The van der Waals surface area contributed by atoms with E-state index in [0.717, 1.165) is 9.86 Å². The van der Waals surface area contributed by atoms with Gasteiger partial charge in [0.1, 0.15) is 5.58 Å². The molecular weight excluding hydrogens is 688 g/mol. The van der Waals surface area contributed by atoms with Crippen LogP contribution in [0.15, 0.2) is 114 Å². The van der Waals surface area contributed by atoms with E-state index < -0.39 is 0 Å². The third-order valence-corrected chi connectivity index (χ3v) is 7.56. The lowest BCUT2D eigenvalue weighted by Gasteiger charge is -2.11. The van der Waals surface area contributed by atoms with E-state index in [2.05, 4.69) is 42.3 Å². The number of amides is 1. The number of furan rings is 1. The van der Waals surface area contributed by atoms with Gasteiger partial charge in [0, 0.05) is 15.5 Å². The lowest BCUT2D eigenvalue weighted by atomic mass is 10.2. The first-order valence-corrected chi connectivity index (χ1v) is 14.5. The fourth-order valence-corrected chi connectivity index (χ4v) is 5.65. The lowest BCUT2D eigenvalue weighted by molar-refractivity contribution is -0.118. The molecule has 0 bridgehead atoms. The Morgan fingerprint density at radius 1 is 1.02 bits per heavy atom. The Morgan fingerprint density at radius 3 is 2.62 bits per heavy atom. The molecule has 0 aliphatic rings. The number of carbonyl (C=O) groups excluding carboxylic acids is 1. The molecule has 0 saturated heterocycles. The minimum Gasteiger partial charge on any atom is -0.481 e. The number of nitrogens with zero attached hydrogens (tertiary/aromatic N) is 3. The minimum absolute atomic E-state index is 0.240. The van der Waals surface area contributed by atoms with Crippen LogP contribution in [0.2, 0.25) is 5.02 Å². The minimum atomic E-state index is -0.358. The van der Waals surface area contributed by atoms with Crippen molar-refractivity contribution in [2.24, 2.45) is 5.10 Å². The summed E-state index contributed by atoms with van der Waals surface area (Å²) in [5, 5.41) is 8.76. The fraction of sp³-hybridized carbons (Fsp3) is 0.0323. The summed E-state index contributed by atoms with van der Waals surface area (Å²) in [6, 6.07) is 26.9. The van der Waals surface area contributed by atoms with Gasteiger partial charge in [0.2, 0.25) is 5.82 Å². The highest BCUT2D eigenvalue weighted by molar-refractivity contribution is 9.10. The second kappa shape index (κ2) is 11.9. The molecule has 6 rings (SSSR count). The molecule has 0 aliphatic heterocycles. The highest BCUT2D eigenvalue weighted by Crippen LogP contribution is 2.34. The molecule has 0 fully saturated rings. The predicted molar refractivity (Wildman–Crippen MR) is 172 cm³/mol. The maximum atomic E-state index is 13.5. The van der Waals surface area contributed by atoms with E-state index >= 15 is 0 Å². The molecule has 2 aromatic heterocycles. The van der Waals surface area contributed by atoms with Gasteiger partial charge in [0.25, 0.3) is 11.5 Å². The van der Waals surface area contributed by atoms with Gasteiger partial charge in [-0.25, -0.2) is 4.98 Å². The predicted octanol–water partition coefficient (Wildman–Crippen LogP) is 7.89. The first kappa shape index (κ1) is 27.9. The second-order valence-electron chi connectivity index (χ2n) is 9.12. The van der Waals surface area contributed by atoms with E-state index in [9.17, 15) is 9.59 Å². The molecular formula is C31H19Br2ClN4O4. The number of halogens is 3. The van der Waals surface area contributed by atoms with Crippen molar-refractivity contribution in [2.45, 2.75) is 0 Å². The zero-order valence-electron chi connectivity index (χ0n) is 21.6. The SMILES string of the molecule is O=C(COc1c(Cl)cc(C=Nn2c(-c3cc4cc(Br)ccc4o3)nc3ccccc3c2=O)cc1Br)Nc1ccccc1. The van der Waals surface area contributed by atoms with Crippen LogP contribution in [0.3, 0.4) is 0 Å². The van der Waals surface area contributed by atoms with Crippen molar-refractivity contribution in [1.29, 1.82) is 0 Å². The van der Waals surface area contributed by atoms with Crippen LogP contribution in [0.25, 0.3) is 33.5 Å². The molecule has 0 unspecified atom stereocenters. The molecule has 0 saturated carbocycles. The zero-order chi connectivity index (χ0) is 29.2. The highest BCUT2D eigenvalue weighted by Gasteiger charge is 2.17. The highest BCUT2D eigenvalue weighted by atomic mass is 79.9. The maximum Gasteiger partial charge on any atom is 0.282 e. The summed E-state index contributed by atoms with van der Waals surface area (Å²) >= 11 is 13.4. The molecule has 11 heteroatoms. The van der Waals surface area contributed by atoms with Gasteiger partial charge in [-0.3, -0.25) is 9.59 Å². The van der Waals surface area contributed by atoms with Crippen LogP contribution in [0.4, 0.5) is 5.69 Å². The Hall–Kier alpha value is -4.25. The van der Waals surface area contributed by atoms with E-state index in [1.165, 1.54) is 10.9 Å². The van der Waals surface area contributed by atoms with E-state index in [1.54, 1.807) is 42.5 Å². The van der Waals surface area contributed by atoms with E-state index in [1.807, 2.05) is 48.5 Å². The Balaban J connectivity index is 1.31. The number of rotatable bonds is 7. The molecule has 1 amide bonds. The average molecular weight is 707 g/mol. The van der Waals surface area contributed by atoms with Crippen molar-refractivity contribution < 1.29 is 13.9 Å².